The summed E-state index contributed by atoms with van der Waals surface area (Å²) >= 11 is 6.49. The van der Waals surface area contributed by atoms with Gasteiger partial charge in [-0.3, -0.25) is 14.4 Å². The molecule has 0 bridgehead atoms. The minimum absolute atomic E-state index is 0.0271. The van der Waals surface area contributed by atoms with Gasteiger partial charge in [-0.25, -0.2) is 4.98 Å². The molecule has 1 aliphatic carbocycles. The molecule has 8 nitrogen and oxygen atoms in total. The first-order valence-corrected chi connectivity index (χ1v) is 11.9. The second kappa shape index (κ2) is 8.91. The highest BCUT2D eigenvalue weighted by Gasteiger charge is 2.53. The number of halogens is 1. The van der Waals surface area contributed by atoms with Crippen LogP contribution in [-0.4, -0.2) is 62.7 Å². The molecule has 2 aromatic rings. The van der Waals surface area contributed by atoms with Crippen LogP contribution in [-0.2, 0) is 14.3 Å². The predicted molar refractivity (Wildman–Crippen MR) is 121 cm³/mol. The third kappa shape index (κ3) is 3.85. The van der Waals surface area contributed by atoms with Gasteiger partial charge in [-0.2, -0.15) is 0 Å². The lowest BCUT2D eigenvalue weighted by Gasteiger charge is -2.35. The fraction of sp³-hybridized carbons (Fsp3) is 0.500. The van der Waals surface area contributed by atoms with Crippen LogP contribution in [0.25, 0.3) is 5.69 Å². The number of aromatic nitrogens is 2. The van der Waals surface area contributed by atoms with Gasteiger partial charge in [0.1, 0.15) is 18.8 Å². The van der Waals surface area contributed by atoms with E-state index in [0.717, 1.165) is 32.1 Å². The van der Waals surface area contributed by atoms with E-state index < -0.39 is 29.3 Å². The van der Waals surface area contributed by atoms with E-state index in [1.54, 1.807) is 40.3 Å². The zero-order valence-electron chi connectivity index (χ0n) is 18.2. The maximum absolute atomic E-state index is 14.3. The van der Waals surface area contributed by atoms with Crippen molar-refractivity contribution < 1.29 is 19.1 Å². The Hall–Kier alpha value is -2.71. The molecule has 2 N–H and O–H groups in total. The molecule has 0 spiro atoms. The highest BCUT2D eigenvalue weighted by molar-refractivity contribution is 6.22. The summed E-state index contributed by atoms with van der Waals surface area (Å²) in [5, 5.41) is -0.447. The Kier molecular flexibility index (Phi) is 5.97. The van der Waals surface area contributed by atoms with Crippen LogP contribution in [0, 0.1) is 5.92 Å². The van der Waals surface area contributed by atoms with Crippen molar-refractivity contribution in [3.05, 3.63) is 48.0 Å². The van der Waals surface area contributed by atoms with Gasteiger partial charge in [0.25, 0.3) is 0 Å². The summed E-state index contributed by atoms with van der Waals surface area (Å²) in [6, 6.07) is 4.62. The zero-order valence-corrected chi connectivity index (χ0v) is 19.0. The van der Waals surface area contributed by atoms with E-state index in [1.807, 2.05) is 6.07 Å². The van der Waals surface area contributed by atoms with E-state index in [0.29, 0.717) is 16.8 Å². The van der Waals surface area contributed by atoms with Crippen molar-refractivity contribution in [3.63, 3.8) is 0 Å². The minimum atomic E-state index is -0.677. The lowest BCUT2D eigenvalue weighted by atomic mass is 9.74. The largest absolute Gasteiger partial charge is 0.366 e. The molecule has 1 saturated carbocycles. The number of amides is 2. The Morgan fingerprint density at radius 1 is 1.21 bits per heavy atom. The van der Waals surface area contributed by atoms with Crippen molar-refractivity contribution in [3.8, 4) is 5.69 Å². The van der Waals surface area contributed by atoms with Gasteiger partial charge >= 0.3 is 0 Å². The lowest BCUT2D eigenvalue weighted by Crippen LogP contribution is -2.46. The number of ether oxygens (including phenoxy) is 1. The summed E-state index contributed by atoms with van der Waals surface area (Å²) in [7, 11) is 0. The summed E-state index contributed by atoms with van der Waals surface area (Å²) in [4.78, 5) is 45.1. The first-order chi connectivity index (χ1) is 16.0. The molecule has 4 atom stereocenters. The van der Waals surface area contributed by atoms with Crippen LogP contribution in [0.4, 0.5) is 0 Å². The topological polar surface area (TPSA) is 108 Å². The lowest BCUT2D eigenvalue weighted by molar-refractivity contribution is -0.139. The standard InChI is InChI=1S/C24H27ClN4O4/c25-16-11-29(21-18(30)12-33-22(16)21)24(32)19(14-5-2-1-3-6-14)20-15(23(26)31)7-4-8-17(20)28-10-9-27-13-28/h4,7-10,13-14,16,19,21-22H,1-3,5-6,11-12H2,(H2,26,31)/t16-,19-,21+,22+/m0/s1. The van der Waals surface area contributed by atoms with Gasteiger partial charge in [-0.15, -0.1) is 11.6 Å². The number of benzene rings is 1. The number of alkyl halides is 1. The molecule has 9 heteroatoms. The third-order valence-electron chi connectivity index (χ3n) is 7.24. The van der Waals surface area contributed by atoms with E-state index in [-0.39, 0.29) is 30.8 Å². The summed E-state index contributed by atoms with van der Waals surface area (Å²) in [6.07, 6.45) is 9.45. The fourth-order valence-corrected chi connectivity index (χ4v) is 6.11. The number of hydrogen-bond donors (Lipinski definition) is 1. The van der Waals surface area contributed by atoms with Crippen LogP contribution in [0.15, 0.2) is 36.9 Å². The Labute approximate surface area is 197 Å². The van der Waals surface area contributed by atoms with Crippen LogP contribution in [0.2, 0.25) is 0 Å². The highest BCUT2D eigenvalue weighted by atomic mass is 35.5. The molecular formula is C24H27ClN4O4. The minimum Gasteiger partial charge on any atom is -0.366 e. The van der Waals surface area contributed by atoms with Gasteiger partial charge in [0.2, 0.25) is 11.8 Å². The molecule has 2 amide bonds. The van der Waals surface area contributed by atoms with Gasteiger partial charge in [-0.1, -0.05) is 25.3 Å². The molecule has 3 heterocycles. The maximum Gasteiger partial charge on any atom is 0.249 e. The maximum atomic E-state index is 14.3. The Morgan fingerprint density at radius 2 is 2.00 bits per heavy atom. The first kappa shape index (κ1) is 22.1. The molecule has 0 unspecified atom stereocenters. The van der Waals surface area contributed by atoms with Gasteiger partial charge in [0, 0.05) is 30.1 Å². The Morgan fingerprint density at radius 3 is 2.70 bits per heavy atom. The average molecular weight is 471 g/mol. The normalized spacial score (nSPS) is 26.4. The Balaban J connectivity index is 1.65. The number of imidazole rings is 1. The van der Waals surface area contributed by atoms with Crippen LogP contribution in [0.3, 0.4) is 0 Å². The number of nitrogens with two attached hydrogens (primary N) is 1. The number of hydrogen-bond acceptors (Lipinski definition) is 5. The number of rotatable bonds is 5. The number of ketones is 1. The van der Waals surface area contributed by atoms with Crippen LogP contribution >= 0.6 is 11.6 Å². The van der Waals surface area contributed by atoms with Crippen LogP contribution < -0.4 is 5.73 Å². The van der Waals surface area contributed by atoms with Crippen LogP contribution in [0.1, 0.15) is 53.9 Å². The molecule has 3 aliphatic rings. The summed E-state index contributed by atoms with van der Waals surface area (Å²) < 4.78 is 7.39. The molecule has 33 heavy (non-hydrogen) atoms. The monoisotopic (exact) mass is 470 g/mol. The highest BCUT2D eigenvalue weighted by Crippen LogP contribution is 2.43. The van der Waals surface area contributed by atoms with Gasteiger partial charge in [-0.05, 0) is 30.9 Å². The summed E-state index contributed by atoms with van der Waals surface area (Å²) in [5.74, 6) is -1.50. The predicted octanol–water partition coefficient (Wildman–Crippen LogP) is 2.42. The first-order valence-electron chi connectivity index (χ1n) is 11.5. The van der Waals surface area contributed by atoms with E-state index >= 15 is 0 Å². The number of Topliss-reactive ketones (excluding diaryl/α,β-unsaturated/α-hetero) is 1. The second-order valence-electron chi connectivity index (χ2n) is 9.14. The molecule has 1 aromatic carbocycles. The van der Waals surface area contributed by atoms with E-state index in [4.69, 9.17) is 22.1 Å². The van der Waals surface area contributed by atoms with Gasteiger partial charge in [0.05, 0.1) is 23.3 Å². The van der Waals surface area contributed by atoms with Crippen molar-refractivity contribution in [1.82, 2.24) is 14.5 Å². The van der Waals surface area contributed by atoms with Crippen molar-refractivity contribution in [2.24, 2.45) is 11.7 Å². The van der Waals surface area contributed by atoms with E-state index in [2.05, 4.69) is 4.98 Å². The summed E-state index contributed by atoms with van der Waals surface area (Å²) in [5.41, 5.74) is 7.41. The second-order valence-corrected chi connectivity index (χ2v) is 9.70. The van der Waals surface area contributed by atoms with Crippen molar-refractivity contribution in [2.45, 2.75) is 55.5 Å². The SMILES string of the molecule is NC(=O)c1cccc(-n2ccnc2)c1[C@@H](C(=O)N1C[C@H](Cl)[C@H]2OCC(=O)[C@H]21)C1CCCCC1. The van der Waals surface area contributed by atoms with Gasteiger partial charge in [0.15, 0.2) is 5.78 Å². The van der Waals surface area contributed by atoms with E-state index in [1.165, 1.54) is 0 Å². The molecule has 2 saturated heterocycles. The smallest absolute Gasteiger partial charge is 0.249 e. The van der Waals surface area contributed by atoms with Crippen molar-refractivity contribution in [2.75, 3.05) is 13.2 Å². The number of carbonyl (C=O) groups is 3. The molecule has 5 rings (SSSR count). The number of fused-ring (bicyclic) bond motifs is 1. The van der Waals surface area contributed by atoms with Crippen molar-refractivity contribution >= 4 is 29.2 Å². The third-order valence-corrected chi connectivity index (χ3v) is 7.62. The summed E-state index contributed by atoms with van der Waals surface area (Å²) in [6.45, 7) is 0.207. The van der Waals surface area contributed by atoms with Gasteiger partial charge < -0.3 is 19.9 Å². The molecule has 1 aromatic heterocycles. The molecule has 3 fully saturated rings. The quantitative estimate of drug-likeness (QED) is 0.675. The number of primary amides is 1. The zero-order chi connectivity index (χ0) is 23.1. The molecular weight excluding hydrogens is 444 g/mol. The number of nitrogens with zero attached hydrogens (tertiary/aromatic N) is 3. The molecule has 0 radical (unpaired) electrons. The average Bonchev–Trinajstić information content (AvgIpc) is 3.55. The van der Waals surface area contributed by atoms with E-state index in [9.17, 15) is 14.4 Å². The molecule has 174 valence electrons. The van der Waals surface area contributed by atoms with Crippen molar-refractivity contribution in [1.29, 1.82) is 0 Å². The number of carbonyl (C=O) groups excluding carboxylic acids is 3. The Bertz CT molecular complexity index is 1070. The molecule has 2 aliphatic heterocycles. The van der Waals surface area contributed by atoms with Crippen LogP contribution in [0.5, 0.6) is 0 Å². The fourth-order valence-electron chi connectivity index (χ4n) is 5.75. The number of likely N-dealkylation sites (tertiary alicyclic amines) is 1.